The van der Waals surface area contributed by atoms with Crippen LogP contribution < -0.4 is 14.8 Å². The van der Waals surface area contributed by atoms with Crippen molar-refractivity contribution in [2.75, 3.05) is 5.32 Å². The first-order valence-electron chi connectivity index (χ1n) is 9.60. The van der Waals surface area contributed by atoms with Gasteiger partial charge >= 0.3 is 0 Å². The molecule has 2 heterocycles. The molecule has 1 N–H and O–H groups in total. The summed E-state index contributed by atoms with van der Waals surface area (Å²) in [5, 5.41) is 4.63. The zero-order valence-corrected chi connectivity index (χ0v) is 17.4. The molecule has 7 heteroatoms. The van der Waals surface area contributed by atoms with Gasteiger partial charge in [0, 0.05) is 11.9 Å². The summed E-state index contributed by atoms with van der Waals surface area (Å²) in [4.78, 5) is 13.0. The lowest BCUT2D eigenvalue weighted by Gasteiger charge is -2.15. The number of benzene rings is 2. The first kappa shape index (κ1) is 19.9. The Morgan fingerprint density at radius 3 is 2.63 bits per heavy atom. The summed E-state index contributed by atoms with van der Waals surface area (Å²) in [5.41, 5.74) is 2.41. The van der Waals surface area contributed by atoms with Gasteiger partial charge in [-0.2, -0.15) is 0 Å². The quantitative estimate of drug-likeness (QED) is 0.408. The highest BCUT2D eigenvalue weighted by Crippen LogP contribution is 2.34. The standard InChI is InChI=1S/C23H21ClN4O2/c1-15(2)30-21-8-5-7-19-22(21)23(27-14-26-19)28-16-9-10-20(18(24)12-16)29-13-17-6-3-4-11-25-17/h3-12,14-15H,13H2,1-2H3,(H,26,27,28). The lowest BCUT2D eigenvalue weighted by Crippen LogP contribution is -2.07. The van der Waals surface area contributed by atoms with Gasteiger partial charge in [-0.15, -0.1) is 0 Å². The van der Waals surface area contributed by atoms with Crippen molar-refractivity contribution >= 4 is 34.0 Å². The lowest BCUT2D eigenvalue weighted by molar-refractivity contribution is 0.245. The summed E-state index contributed by atoms with van der Waals surface area (Å²) in [6, 6.07) is 17.0. The van der Waals surface area contributed by atoms with E-state index in [-0.39, 0.29) is 6.10 Å². The van der Waals surface area contributed by atoms with Gasteiger partial charge in [0.05, 0.1) is 27.7 Å². The average molecular weight is 421 g/mol. The fourth-order valence-corrected chi connectivity index (χ4v) is 3.23. The Kier molecular flexibility index (Phi) is 5.95. The molecule has 4 rings (SSSR count). The SMILES string of the molecule is CC(C)Oc1cccc2ncnc(Nc3ccc(OCc4ccccn4)c(Cl)c3)c12. The van der Waals surface area contributed by atoms with E-state index in [1.54, 1.807) is 12.3 Å². The Morgan fingerprint density at radius 2 is 1.87 bits per heavy atom. The Hall–Kier alpha value is -3.38. The topological polar surface area (TPSA) is 69.2 Å². The molecular weight excluding hydrogens is 400 g/mol. The Balaban J connectivity index is 1.57. The Morgan fingerprint density at radius 1 is 0.967 bits per heavy atom. The van der Waals surface area contributed by atoms with E-state index in [9.17, 15) is 0 Å². The Bertz CT molecular complexity index is 1150. The predicted octanol–water partition coefficient (Wildman–Crippen LogP) is 5.79. The van der Waals surface area contributed by atoms with E-state index in [0.717, 1.165) is 28.0 Å². The third-order valence-corrected chi connectivity index (χ3v) is 4.58. The second-order valence-electron chi connectivity index (χ2n) is 6.92. The Labute approximate surface area is 179 Å². The molecule has 0 aliphatic rings. The molecule has 0 saturated heterocycles. The van der Waals surface area contributed by atoms with Crippen LogP contribution in [-0.4, -0.2) is 21.1 Å². The number of hydrogen-bond donors (Lipinski definition) is 1. The van der Waals surface area contributed by atoms with Crippen molar-refractivity contribution in [3.63, 3.8) is 0 Å². The summed E-state index contributed by atoms with van der Waals surface area (Å²) in [5.74, 6) is 1.96. The van der Waals surface area contributed by atoms with Crippen molar-refractivity contribution in [3.05, 3.63) is 77.8 Å². The van der Waals surface area contributed by atoms with Gasteiger partial charge in [-0.3, -0.25) is 4.98 Å². The van der Waals surface area contributed by atoms with Crippen molar-refractivity contribution in [1.29, 1.82) is 0 Å². The summed E-state index contributed by atoms with van der Waals surface area (Å²) in [6.45, 7) is 4.32. The molecule has 0 unspecified atom stereocenters. The van der Waals surface area contributed by atoms with Crippen LogP contribution in [0, 0.1) is 0 Å². The van der Waals surface area contributed by atoms with Crippen LogP contribution in [0.15, 0.2) is 67.1 Å². The maximum absolute atomic E-state index is 6.44. The second kappa shape index (κ2) is 8.97. The van der Waals surface area contributed by atoms with Gasteiger partial charge in [0.15, 0.2) is 0 Å². The molecule has 0 aliphatic carbocycles. The van der Waals surface area contributed by atoms with Crippen LogP contribution in [-0.2, 0) is 6.61 Å². The number of aromatic nitrogens is 3. The summed E-state index contributed by atoms with van der Waals surface area (Å²) in [7, 11) is 0. The van der Waals surface area contributed by atoms with Crippen LogP contribution >= 0.6 is 11.6 Å². The van der Waals surface area contributed by atoms with E-state index in [1.165, 1.54) is 6.33 Å². The summed E-state index contributed by atoms with van der Waals surface area (Å²) >= 11 is 6.44. The molecule has 0 amide bonds. The molecule has 0 spiro atoms. The van der Waals surface area contributed by atoms with Gasteiger partial charge < -0.3 is 14.8 Å². The van der Waals surface area contributed by atoms with Gasteiger partial charge in [-0.1, -0.05) is 23.7 Å². The number of pyridine rings is 1. The average Bonchev–Trinajstić information content (AvgIpc) is 2.74. The highest BCUT2D eigenvalue weighted by atomic mass is 35.5. The maximum atomic E-state index is 6.44. The van der Waals surface area contributed by atoms with Gasteiger partial charge in [0.25, 0.3) is 0 Å². The number of rotatable bonds is 7. The molecule has 152 valence electrons. The third kappa shape index (κ3) is 4.60. The molecule has 0 aliphatic heterocycles. The number of halogens is 1. The number of ether oxygens (including phenoxy) is 2. The molecule has 2 aromatic heterocycles. The van der Waals surface area contributed by atoms with Crippen molar-refractivity contribution in [3.8, 4) is 11.5 Å². The van der Waals surface area contributed by atoms with Gasteiger partial charge in [0.1, 0.15) is 30.3 Å². The third-order valence-electron chi connectivity index (χ3n) is 4.28. The van der Waals surface area contributed by atoms with E-state index in [2.05, 4.69) is 20.3 Å². The van der Waals surface area contributed by atoms with E-state index < -0.39 is 0 Å². The van der Waals surface area contributed by atoms with Crippen LogP contribution in [0.1, 0.15) is 19.5 Å². The molecule has 0 radical (unpaired) electrons. The largest absolute Gasteiger partial charge is 0.490 e. The molecule has 4 aromatic rings. The molecular formula is C23H21ClN4O2. The number of anilines is 2. The number of hydrogen-bond acceptors (Lipinski definition) is 6. The van der Waals surface area contributed by atoms with E-state index >= 15 is 0 Å². The lowest BCUT2D eigenvalue weighted by atomic mass is 10.2. The van der Waals surface area contributed by atoms with Gasteiger partial charge in [-0.05, 0) is 56.3 Å². The van der Waals surface area contributed by atoms with Crippen molar-refractivity contribution in [2.45, 2.75) is 26.6 Å². The highest BCUT2D eigenvalue weighted by molar-refractivity contribution is 6.32. The minimum atomic E-state index is 0.0358. The van der Waals surface area contributed by atoms with Gasteiger partial charge in [-0.25, -0.2) is 9.97 Å². The van der Waals surface area contributed by atoms with Crippen LogP contribution in [0.4, 0.5) is 11.5 Å². The van der Waals surface area contributed by atoms with Crippen molar-refractivity contribution in [1.82, 2.24) is 15.0 Å². The second-order valence-corrected chi connectivity index (χ2v) is 7.33. The maximum Gasteiger partial charge on any atom is 0.145 e. The first-order chi connectivity index (χ1) is 14.6. The van der Waals surface area contributed by atoms with Crippen LogP contribution in [0.2, 0.25) is 5.02 Å². The van der Waals surface area contributed by atoms with E-state index in [0.29, 0.717) is 23.2 Å². The van der Waals surface area contributed by atoms with E-state index in [4.69, 9.17) is 21.1 Å². The fraction of sp³-hybridized carbons (Fsp3) is 0.174. The predicted molar refractivity (Wildman–Crippen MR) is 119 cm³/mol. The van der Waals surface area contributed by atoms with Crippen molar-refractivity contribution < 1.29 is 9.47 Å². The number of fused-ring (bicyclic) bond motifs is 1. The molecule has 0 saturated carbocycles. The summed E-state index contributed by atoms with van der Waals surface area (Å²) < 4.78 is 11.7. The molecule has 0 bridgehead atoms. The normalized spacial score (nSPS) is 10.9. The monoisotopic (exact) mass is 420 g/mol. The summed E-state index contributed by atoms with van der Waals surface area (Å²) in [6.07, 6.45) is 3.29. The van der Waals surface area contributed by atoms with Gasteiger partial charge in [0.2, 0.25) is 0 Å². The number of nitrogens with one attached hydrogen (secondary N) is 1. The van der Waals surface area contributed by atoms with Crippen molar-refractivity contribution in [2.24, 2.45) is 0 Å². The molecule has 0 fully saturated rings. The first-order valence-corrected chi connectivity index (χ1v) is 9.97. The molecule has 30 heavy (non-hydrogen) atoms. The highest BCUT2D eigenvalue weighted by Gasteiger charge is 2.12. The van der Waals surface area contributed by atoms with Crippen LogP contribution in [0.25, 0.3) is 10.9 Å². The molecule has 2 aromatic carbocycles. The molecule has 0 atom stereocenters. The minimum Gasteiger partial charge on any atom is -0.490 e. The fourth-order valence-electron chi connectivity index (χ4n) is 2.99. The molecule has 6 nitrogen and oxygen atoms in total. The van der Waals surface area contributed by atoms with Crippen LogP contribution in [0.3, 0.4) is 0 Å². The minimum absolute atomic E-state index is 0.0358. The zero-order chi connectivity index (χ0) is 20.9. The smallest absolute Gasteiger partial charge is 0.145 e. The van der Waals surface area contributed by atoms with Crippen LogP contribution in [0.5, 0.6) is 11.5 Å². The number of nitrogens with zero attached hydrogens (tertiary/aromatic N) is 3. The zero-order valence-electron chi connectivity index (χ0n) is 16.7. The van der Waals surface area contributed by atoms with E-state index in [1.807, 2.05) is 62.4 Å².